The zero-order valence-electron chi connectivity index (χ0n) is 10.7. The molecule has 0 aliphatic carbocycles. The van der Waals surface area contributed by atoms with Gasteiger partial charge in [-0.25, -0.2) is 0 Å². The Kier molecular flexibility index (Phi) is 3.28. The lowest BCUT2D eigenvalue weighted by molar-refractivity contribution is 1.35. The van der Waals surface area contributed by atoms with Crippen LogP contribution in [0.15, 0.2) is 47.3 Å². The van der Waals surface area contributed by atoms with E-state index in [0.717, 1.165) is 16.6 Å². The highest BCUT2D eigenvalue weighted by molar-refractivity contribution is 6.33. The van der Waals surface area contributed by atoms with Gasteiger partial charge in [-0.15, -0.1) is 0 Å². The van der Waals surface area contributed by atoms with Gasteiger partial charge in [0, 0.05) is 10.4 Å². The number of nitrogens with one attached hydrogen (secondary N) is 1. The third kappa shape index (κ3) is 2.11. The van der Waals surface area contributed by atoms with Crippen molar-refractivity contribution < 1.29 is 0 Å². The molecule has 0 bridgehead atoms. The summed E-state index contributed by atoms with van der Waals surface area (Å²) in [6, 6.07) is 12.8. The molecule has 0 unspecified atom stereocenters. The fourth-order valence-corrected chi connectivity index (χ4v) is 2.92. The summed E-state index contributed by atoms with van der Waals surface area (Å²) < 4.78 is 0. The molecule has 3 aromatic rings. The summed E-state index contributed by atoms with van der Waals surface area (Å²) in [6.07, 6.45) is 0. The van der Waals surface area contributed by atoms with E-state index in [1.165, 1.54) is 0 Å². The first-order chi connectivity index (χ1) is 9.58. The molecular weight excluding hydrogens is 293 g/mol. The van der Waals surface area contributed by atoms with Gasteiger partial charge in [-0.2, -0.15) is 0 Å². The number of halogens is 2. The lowest BCUT2D eigenvalue weighted by Crippen LogP contribution is -2.08. The van der Waals surface area contributed by atoms with E-state index in [4.69, 9.17) is 23.2 Å². The van der Waals surface area contributed by atoms with E-state index in [1.807, 2.05) is 37.3 Å². The van der Waals surface area contributed by atoms with Gasteiger partial charge >= 0.3 is 0 Å². The number of aromatic amines is 1. The fraction of sp³-hybridized carbons (Fsp3) is 0.0625. The van der Waals surface area contributed by atoms with E-state index in [9.17, 15) is 4.79 Å². The van der Waals surface area contributed by atoms with Crippen molar-refractivity contribution >= 4 is 34.1 Å². The van der Waals surface area contributed by atoms with Crippen molar-refractivity contribution in [2.75, 3.05) is 0 Å². The summed E-state index contributed by atoms with van der Waals surface area (Å²) in [5.41, 5.74) is 2.77. The van der Waals surface area contributed by atoms with Crippen molar-refractivity contribution in [1.29, 1.82) is 0 Å². The van der Waals surface area contributed by atoms with Crippen molar-refractivity contribution in [3.8, 4) is 11.1 Å². The topological polar surface area (TPSA) is 32.9 Å². The van der Waals surface area contributed by atoms with E-state index in [0.29, 0.717) is 21.1 Å². The molecule has 0 spiro atoms. The number of fused-ring (bicyclic) bond motifs is 1. The molecule has 0 saturated carbocycles. The zero-order valence-corrected chi connectivity index (χ0v) is 12.2. The lowest BCUT2D eigenvalue weighted by Gasteiger charge is -2.09. The van der Waals surface area contributed by atoms with Crippen LogP contribution in [-0.4, -0.2) is 4.98 Å². The molecule has 0 saturated heterocycles. The van der Waals surface area contributed by atoms with Crippen LogP contribution >= 0.6 is 23.2 Å². The molecule has 100 valence electrons. The highest BCUT2D eigenvalue weighted by Crippen LogP contribution is 2.28. The second-order valence-electron chi connectivity index (χ2n) is 4.65. The second-order valence-corrected chi connectivity index (χ2v) is 5.47. The lowest BCUT2D eigenvalue weighted by atomic mass is 10.0. The Morgan fingerprint density at radius 1 is 1.05 bits per heavy atom. The molecule has 4 heteroatoms. The number of pyridine rings is 1. The minimum atomic E-state index is -0.111. The molecule has 0 amide bonds. The van der Waals surface area contributed by atoms with Crippen LogP contribution < -0.4 is 5.43 Å². The Hall–Kier alpha value is -1.77. The molecule has 3 rings (SSSR count). The largest absolute Gasteiger partial charge is 0.345 e. The number of aryl methyl sites for hydroxylation is 1. The van der Waals surface area contributed by atoms with Gasteiger partial charge in [0.2, 0.25) is 0 Å². The maximum absolute atomic E-state index is 12.7. The highest BCUT2D eigenvalue weighted by Gasteiger charge is 2.14. The SMILES string of the molecule is Cc1cc(Cl)cc2c(=O)c(-c3ccccc3)c(Cl)[nH]c12. The van der Waals surface area contributed by atoms with Crippen molar-refractivity contribution in [3.63, 3.8) is 0 Å². The Morgan fingerprint density at radius 2 is 1.75 bits per heavy atom. The summed E-state index contributed by atoms with van der Waals surface area (Å²) in [6.45, 7) is 1.89. The Balaban J connectivity index is 2.44. The Morgan fingerprint density at radius 3 is 2.45 bits per heavy atom. The summed E-state index contributed by atoms with van der Waals surface area (Å²) in [7, 11) is 0. The molecule has 1 N–H and O–H groups in total. The number of benzene rings is 2. The first kappa shape index (κ1) is 13.2. The van der Waals surface area contributed by atoms with Crippen LogP contribution in [0.4, 0.5) is 0 Å². The average Bonchev–Trinajstić information content (AvgIpc) is 2.42. The molecule has 0 fully saturated rings. The van der Waals surface area contributed by atoms with E-state index in [1.54, 1.807) is 12.1 Å². The van der Waals surface area contributed by atoms with Gasteiger partial charge in [0.25, 0.3) is 0 Å². The van der Waals surface area contributed by atoms with Crippen molar-refractivity contribution in [3.05, 3.63) is 68.4 Å². The third-order valence-corrected chi connectivity index (χ3v) is 3.79. The molecular formula is C16H11Cl2NO. The Labute approximate surface area is 126 Å². The van der Waals surface area contributed by atoms with Gasteiger partial charge in [0.1, 0.15) is 5.15 Å². The van der Waals surface area contributed by atoms with Crippen LogP contribution in [0.2, 0.25) is 10.2 Å². The number of rotatable bonds is 1. The molecule has 1 heterocycles. The maximum atomic E-state index is 12.7. The van der Waals surface area contributed by atoms with E-state index >= 15 is 0 Å². The Bertz CT molecular complexity index is 854. The summed E-state index contributed by atoms with van der Waals surface area (Å²) in [4.78, 5) is 15.8. The van der Waals surface area contributed by atoms with Gasteiger partial charge in [-0.05, 0) is 30.2 Å². The van der Waals surface area contributed by atoms with Crippen LogP contribution in [-0.2, 0) is 0 Å². The molecule has 0 atom stereocenters. The van der Waals surface area contributed by atoms with E-state index < -0.39 is 0 Å². The number of H-pyrrole nitrogens is 1. The average molecular weight is 304 g/mol. The first-order valence-corrected chi connectivity index (χ1v) is 6.90. The quantitative estimate of drug-likeness (QED) is 0.643. The van der Waals surface area contributed by atoms with Crippen LogP contribution in [0.25, 0.3) is 22.0 Å². The van der Waals surface area contributed by atoms with E-state index in [2.05, 4.69) is 4.98 Å². The highest BCUT2D eigenvalue weighted by atomic mass is 35.5. The molecule has 1 aromatic heterocycles. The van der Waals surface area contributed by atoms with Crippen molar-refractivity contribution in [2.24, 2.45) is 0 Å². The van der Waals surface area contributed by atoms with Gasteiger partial charge in [-0.1, -0.05) is 53.5 Å². The minimum absolute atomic E-state index is 0.111. The molecule has 0 aliphatic rings. The van der Waals surface area contributed by atoms with Crippen LogP contribution in [0.5, 0.6) is 0 Å². The molecule has 2 nitrogen and oxygen atoms in total. The fourth-order valence-electron chi connectivity index (χ4n) is 2.36. The second kappa shape index (κ2) is 4.97. The molecule has 0 radical (unpaired) electrons. The van der Waals surface area contributed by atoms with Gasteiger partial charge in [-0.3, -0.25) is 4.79 Å². The predicted molar refractivity (Wildman–Crippen MR) is 84.8 cm³/mol. The zero-order chi connectivity index (χ0) is 14.3. The molecule has 20 heavy (non-hydrogen) atoms. The van der Waals surface area contributed by atoms with Crippen LogP contribution in [0, 0.1) is 6.92 Å². The minimum Gasteiger partial charge on any atom is -0.345 e. The number of hydrogen-bond donors (Lipinski definition) is 1. The normalized spacial score (nSPS) is 10.9. The summed E-state index contributed by atoms with van der Waals surface area (Å²) >= 11 is 12.3. The smallest absolute Gasteiger partial charge is 0.198 e. The molecule has 0 aliphatic heterocycles. The number of hydrogen-bond acceptors (Lipinski definition) is 1. The third-order valence-electron chi connectivity index (χ3n) is 3.29. The van der Waals surface area contributed by atoms with Gasteiger partial charge in [0.05, 0.1) is 11.1 Å². The predicted octanol–water partition coefficient (Wildman–Crippen LogP) is 4.81. The van der Waals surface area contributed by atoms with Crippen LogP contribution in [0.1, 0.15) is 5.56 Å². The standard InChI is InChI=1S/C16H11Cl2NO/c1-9-7-11(17)8-12-14(9)19-16(18)13(15(12)20)10-5-3-2-4-6-10/h2-8H,1H3,(H,19,20). The first-order valence-electron chi connectivity index (χ1n) is 6.15. The number of aromatic nitrogens is 1. The summed E-state index contributed by atoms with van der Waals surface area (Å²) in [5, 5.41) is 1.44. The van der Waals surface area contributed by atoms with Crippen molar-refractivity contribution in [2.45, 2.75) is 6.92 Å². The van der Waals surface area contributed by atoms with Gasteiger partial charge < -0.3 is 4.98 Å². The molecule has 2 aromatic carbocycles. The van der Waals surface area contributed by atoms with Gasteiger partial charge in [0.15, 0.2) is 5.43 Å². The van der Waals surface area contributed by atoms with Crippen molar-refractivity contribution in [1.82, 2.24) is 4.98 Å². The summed E-state index contributed by atoms with van der Waals surface area (Å²) in [5.74, 6) is 0. The monoisotopic (exact) mass is 303 g/mol. The van der Waals surface area contributed by atoms with Crippen LogP contribution in [0.3, 0.4) is 0 Å². The van der Waals surface area contributed by atoms with E-state index in [-0.39, 0.29) is 5.43 Å². The maximum Gasteiger partial charge on any atom is 0.198 e.